The third kappa shape index (κ3) is 3.49. The molecule has 3 aromatic rings. The Balaban J connectivity index is 1.43. The normalized spacial score (nSPS) is 27.4. The molecule has 5 rings (SSSR count). The quantitative estimate of drug-likeness (QED) is 0.623. The zero-order valence-corrected chi connectivity index (χ0v) is 18.7. The third-order valence-electron chi connectivity index (χ3n) is 6.58. The van der Waals surface area contributed by atoms with Crippen LogP contribution in [0.3, 0.4) is 0 Å². The second-order valence-electron chi connectivity index (χ2n) is 9.58. The Kier molecular flexibility index (Phi) is 4.68. The van der Waals surface area contributed by atoms with Gasteiger partial charge in [0.1, 0.15) is 5.75 Å². The monoisotopic (exact) mass is 437 g/mol. The van der Waals surface area contributed by atoms with E-state index in [2.05, 4.69) is 44.3 Å². The molecule has 32 heavy (non-hydrogen) atoms. The molecule has 1 unspecified atom stereocenters. The van der Waals surface area contributed by atoms with Crippen LogP contribution in [0.25, 0.3) is 22.2 Å². The molecule has 0 radical (unpaired) electrons. The first-order valence-corrected chi connectivity index (χ1v) is 10.7. The number of rotatable bonds is 3. The lowest BCUT2D eigenvalue weighted by Gasteiger charge is -2.54. The number of benzene rings is 1. The minimum Gasteiger partial charge on any atom is -0.507 e. The van der Waals surface area contributed by atoms with E-state index in [-0.39, 0.29) is 34.3 Å². The minimum absolute atomic E-state index is 0.0734. The maximum Gasteiger partial charge on any atom is 0.274 e. The molecule has 4 heterocycles. The first-order valence-electron chi connectivity index (χ1n) is 10.7. The van der Waals surface area contributed by atoms with Crippen LogP contribution < -0.4 is 15.8 Å². The van der Waals surface area contributed by atoms with Crippen LogP contribution in [0.5, 0.6) is 5.75 Å². The summed E-state index contributed by atoms with van der Waals surface area (Å²) < 4.78 is 7.05. The summed E-state index contributed by atoms with van der Waals surface area (Å²) in [7, 11) is 3.58. The fourth-order valence-corrected chi connectivity index (χ4v) is 5.10. The van der Waals surface area contributed by atoms with Crippen molar-refractivity contribution < 1.29 is 9.84 Å². The van der Waals surface area contributed by atoms with Crippen molar-refractivity contribution >= 4 is 16.6 Å². The van der Waals surface area contributed by atoms with Gasteiger partial charge in [-0.3, -0.25) is 4.79 Å². The minimum atomic E-state index is -0.278. The van der Waals surface area contributed by atoms with Gasteiger partial charge in [-0.15, -0.1) is 10.2 Å². The molecule has 2 bridgehead atoms. The lowest BCUT2D eigenvalue weighted by atomic mass is 9.76. The Hall–Kier alpha value is -3.11. The molecule has 0 aliphatic carbocycles. The summed E-state index contributed by atoms with van der Waals surface area (Å²) in [6.07, 6.45) is 5.10. The molecule has 0 amide bonds. The van der Waals surface area contributed by atoms with Crippen molar-refractivity contribution in [2.45, 2.75) is 43.8 Å². The van der Waals surface area contributed by atoms with Crippen LogP contribution in [-0.4, -0.2) is 67.4 Å². The largest absolute Gasteiger partial charge is 0.507 e. The summed E-state index contributed by atoms with van der Waals surface area (Å²) in [5.74, 6) is 0.884. The van der Waals surface area contributed by atoms with E-state index >= 15 is 0 Å². The number of aromatic hydroxyl groups is 1. The first kappa shape index (κ1) is 20.8. The molecule has 0 spiro atoms. The van der Waals surface area contributed by atoms with Crippen molar-refractivity contribution in [1.82, 2.24) is 30.3 Å². The van der Waals surface area contributed by atoms with Gasteiger partial charge in [-0.25, -0.2) is 9.67 Å². The number of anilines is 1. The van der Waals surface area contributed by atoms with Crippen molar-refractivity contribution in [2.24, 2.45) is 7.05 Å². The number of hydrogen-bond acceptors (Lipinski definition) is 9. The van der Waals surface area contributed by atoms with E-state index in [9.17, 15) is 9.90 Å². The van der Waals surface area contributed by atoms with E-state index in [1.165, 1.54) is 10.7 Å². The molecule has 2 saturated heterocycles. The van der Waals surface area contributed by atoms with Gasteiger partial charge in [0, 0.05) is 36.6 Å². The maximum atomic E-state index is 12.2. The zero-order chi connectivity index (χ0) is 22.7. The molecule has 2 aliphatic rings. The van der Waals surface area contributed by atoms with Gasteiger partial charge in [0.05, 0.1) is 36.6 Å². The highest BCUT2D eigenvalue weighted by Crippen LogP contribution is 2.36. The second-order valence-corrected chi connectivity index (χ2v) is 9.58. The summed E-state index contributed by atoms with van der Waals surface area (Å²) >= 11 is 0. The Morgan fingerprint density at radius 3 is 2.56 bits per heavy atom. The molecule has 3 atom stereocenters. The lowest BCUT2D eigenvalue weighted by Crippen LogP contribution is -2.70. The van der Waals surface area contributed by atoms with Gasteiger partial charge in [0.25, 0.3) is 5.56 Å². The number of piperidine rings is 1. The number of phenolic OH excluding ortho intramolecular Hbond substituents is 1. The lowest BCUT2D eigenvalue weighted by molar-refractivity contribution is -0.0628. The van der Waals surface area contributed by atoms with Crippen LogP contribution in [0.4, 0.5) is 5.82 Å². The summed E-state index contributed by atoms with van der Waals surface area (Å²) in [5.41, 5.74) is -0.0254. The van der Waals surface area contributed by atoms with Gasteiger partial charge in [-0.1, -0.05) is 0 Å². The van der Waals surface area contributed by atoms with E-state index < -0.39 is 0 Å². The SMILES string of the molecule is CN(c1cnc(-c2cc3cnn(C)c(=O)c3cc2O)nn1)C1C[C@]2(C)COC[C@](C)(C1)N2. The summed E-state index contributed by atoms with van der Waals surface area (Å²) in [6, 6.07) is 3.36. The van der Waals surface area contributed by atoms with Crippen LogP contribution >= 0.6 is 0 Å². The average Bonchev–Trinajstić information content (AvgIpc) is 2.74. The van der Waals surface area contributed by atoms with E-state index in [4.69, 9.17) is 4.74 Å². The molecular formula is C22H27N7O3. The highest BCUT2D eigenvalue weighted by atomic mass is 16.5. The van der Waals surface area contributed by atoms with Crippen molar-refractivity contribution in [1.29, 1.82) is 0 Å². The van der Waals surface area contributed by atoms with E-state index in [1.807, 2.05) is 7.05 Å². The average molecular weight is 438 g/mol. The predicted octanol–water partition coefficient (Wildman–Crippen LogP) is 1.23. The summed E-state index contributed by atoms with van der Waals surface area (Å²) in [5, 5.41) is 27.9. The molecule has 0 saturated carbocycles. The Labute approximate surface area is 185 Å². The van der Waals surface area contributed by atoms with Gasteiger partial charge in [0.15, 0.2) is 11.6 Å². The van der Waals surface area contributed by atoms with Crippen LogP contribution in [0.15, 0.2) is 29.3 Å². The van der Waals surface area contributed by atoms with Crippen molar-refractivity contribution in [3.8, 4) is 17.1 Å². The van der Waals surface area contributed by atoms with Gasteiger partial charge in [0.2, 0.25) is 0 Å². The first-order chi connectivity index (χ1) is 15.2. The molecular weight excluding hydrogens is 410 g/mol. The summed E-state index contributed by atoms with van der Waals surface area (Å²) in [4.78, 5) is 18.8. The van der Waals surface area contributed by atoms with Crippen molar-refractivity contribution in [3.05, 3.63) is 34.9 Å². The number of fused-ring (bicyclic) bond motifs is 3. The number of nitrogens with zero attached hydrogens (tertiary/aromatic N) is 6. The van der Waals surface area contributed by atoms with E-state index in [0.717, 1.165) is 12.8 Å². The van der Waals surface area contributed by atoms with Gasteiger partial charge in [-0.2, -0.15) is 5.10 Å². The Bertz CT molecular complexity index is 1230. The number of hydrogen-bond donors (Lipinski definition) is 2. The van der Waals surface area contributed by atoms with E-state index in [0.29, 0.717) is 35.4 Å². The van der Waals surface area contributed by atoms with Crippen LogP contribution in [0, 0.1) is 0 Å². The molecule has 168 valence electrons. The third-order valence-corrected chi connectivity index (χ3v) is 6.58. The number of aromatic nitrogens is 5. The molecule has 2 fully saturated rings. The molecule has 2 N–H and O–H groups in total. The van der Waals surface area contributed by atoms with Crippen LogP contribution in [-0.2, 0) is 11.8 Å². The summed E-state index contributed by atoms with van der Waals surface area (Å²) in [6.45, 7) is 5.77. The molecule has 10 heteroatoms. The van der Waals surface area contributed by atoms with Crippen molar-refractivity contribution in [3.63, 3.8) is 0 Å². The van der Waals surface area contributed by atoms with E-state index in [1.54, 1.807) is 25.5 Å². The highest BCUT2D eigenvalue weighted by molar-refractivity contribution is 5.88. The molecule has 2 aliphatic heterocycles. The molecule has 10 nitrogen and oxygen atoms in total. The molecule has 2 aromatic heterocycles. The van der Waals surface area contributed by atoms with Crippen LogP contribution in [0.2, 0.25) is 0 Å². The topological polar surface area (TPSA) is 118 Å². The predicted molar refractivity (Wildman–Crippen MR) is 120 cm³/mol. The fraction of sp³-hybridized carbons (Fsp3) is 0.500. The van der Waals surface area contributed by atoms with Crippen molar-refractivity contribution in [2.75, 3.05) is 25.2 Å². The number of ether oxygens (including phenoxy) is 1. The van der Waals surface area contributed by atoms with Crippen LogP contribution in [0.1, 0.15) is 26.7 Å². The van der Waals surface area contributed by atoms with Gasteiger partial charge >= 0.3 is 0 Å². The Morgan fingerprint density at radius 2 is 1.91 bits per heavy atom. The number of aryl methyl sites for hydroxylation is 1. The van der Waals surface area contributed by atoms with Gasteiger partial charge < -0.3 is 20.1 Å². The standard InChI is InChI=1S/C22H27N7O3/c1-21-7-14(8-22(2,27-21)12-32-11-21)28(3)18-10-23-19(26-25-18)16-5-13-9-24-29(4)20(31)15(13)6-17(16)30/h5-6,9-10,14,27,30H,7-8,11-12H2,1-4H3/t14?,21-,22+. The Morgan fingerprint density at radius 1 is 1.19 bits per heavy atom. The number of morpholine rings is 1. The second kappa shape index (κ2) is 7.21. The smallest absolute Gasteiger partial charge is 0.274 e. The molecule has 1 aromatic carbocycles. The zero-order valence-electron chi connectivity index (χ0n) is 18.7. The maximum absolute atomic E-state index is 12.2. The number of nitrogens with one attached hydrogen (secondary N) is 1. The fourth-order valence-electron chi connectivity index (χ4n) is 5.10. The van der Waals surface area contributed by atoms with Gasteiger partial charge in [-0.05, 0) is 38.8 Å². The number of phenols is 1. The highest BCUT2D eigenvalue weighted by Gasteiger charge is 2.47.